The molecule has 1 fully saturated rings. The third-order valence-corrected chi connectivity index (χ3v) is 4.40. The Hall–Kier alpha value is -2.21. The number of aliphatic hydroxyl groups is 3. The van der Waals surface area contributed by atoms with Crippen molar-refractivity contribution in [1.29, 1.82) is 0 Å². The van der Waals surface area contributed by atoms with E-state index in [1.165, 1.54) is 6.33 Å². The molecular formula is C13H20N6O5. The summed E-state index contributed by atoms with van der Waals surface area (Å²) in [5, 5.41) is 29.4. The van der Waals surface area contributed by atoms with E-state index < -0.39 is 43.1 Å². The number of fused-ring (bicyclic) bond motifs is 1. The lowest BCUT2D eigenvalue weighted by Gasteiger charge is -2.29. The van der Waals surface area contributed by atoms with Gasteiger partial charge in [0.15, 0.2) is 17.9 Å². The van der Waals surface area contributed by atoms with Crippen LogP contribution in [0.1, 0.15) is 6.92 Å². The summed E-state index contributed by atoms with van der Waals surface area (Å²) in [6, 6.07) is -0.695. The molecule has 0 aliphatic carbocycles. The number of hydrogen-bond acceptors (Lipinski definition) is 10. The Balaban J connectivity index is 1.97. The summed E-state index contributed by atoms with van der Waals surface area (Å²) in [4.78, 5) is 22.8. The van der Waals surface area contributed by atoms with Crippen LogP contribution in [-0.4, -0.2) is 75.1 Å². The molecule has 3 unspecified atom stereocenters. The predicted octanol–water partition coefficient (Wildman–Crippen LogP) is -3.04. The lowest BCUT2D eigenvalue weighted by molar-refractivity contribution is -0.118. The molecule has 0 radical (unpaired) electrons. The fourth-order valence-corrected chi connectivity index (χ4v) is 2.98. The summed E-state index contributed by atoms with van der Waals surface area (Å²) in [5.74, 6) is -0.0556. The lowest BCUT2D eigenvalue weighted by atomic mass is 10.1. The third kappa shape index (κ3) is 2.41. The van der Waals surface area contributed by atoms with Gasteiger partial charge in [-0.15, -0.1) is 0 Å². The molecule has 1 amide bonds. The van der Waals surface area contributed by atoms with Crippen LogP contribution >= 0.6 is 0 Å². The molecule has 7 N–H and O–H groups in total. The molecule has 1 aromatic heterocycles. The molecule has 0 bridgehead atoms. The smallest absolute Gasteiger partial charge is 0.239 e. The number of aliphatic hydroxyl groups excluding tert-OH is 3. The van der Waals surface area contributed by atoms with Gasteiger partial charge in [-0.3, -0.25) is 4.79 Å². The molecule has 24 heavy (non-hydrogen) atoms. The van der Waals surface area contributed by atoms with Gasteiger partial charge in [-0.2, -0.15) is 0 Å². The van der Waals surface area contributed by atoms with Crippen molar-refractivity contribution < 1.29 is 24.9 Å². The summed E-state index contributed by atoms with van der Waals surface area (Å²) in [5.41, 5.74) is 11.7. The van der Waals surface area contributed by atoms with E-state index in [-0.39, 0.29) is 12.5 Å². The second-order valence-electron chi connectivity index (χ2n) is 5.82. The Morgan fingerprint density at radius 1 is 1.46 bits per heavy atom. The molecule has 0 aromatic carbocycles. The first kappa shape index (κ1) is 16.6. The van der Waals surface area contributed by atoms with Crippen LogP contribution in [0.3, 0.4) is 0 Å². The second kappa shape index (κ2) is 6.02. The molecule has 0 spiro atoms. The molecular weight excluding hydrogens is 320 g/mol. The minimum atomic E-state index is -1.27. The number of nitrogens with two attached hydrogens (primary N) is 2. The first-order valence-electron chi connectivity index (χ1n) is 7.42. The van der Waals surface area contributed by atoms with E-state index in [9.17, 15) is 20.1 Å². The Kier molecular flexibility index (Phi) is 4.17. The highest BCUT2D eigenvalue weighted by atomic mass is 16.6. The molecule has 11 heteroatoms. The van der Waals surface area contributed by atoms with Gasteiger partial charge in [0.25, 0.3) is 0 Å². The van der Waals surface area contributed by atoms with E-state index in [1.54, 1.807) is 16.7 Å². The SMILES string of the molecule is CC(C(N)=O)N1CN([C@@H]2O[C@H](CO)C(O)C2O)c2ncnc(N)c21. The highest BCUT2D eigenvalue weighted by molar-refractivity contribution is 5.90. The highest BCUT2D eigenvalue weighted by Gasteiger charge is 2.49. The Morgan fingerprint density at radius 2 is 2.17 bits per heavy atom. The van der Waals surface area contributed by atoms with Crippen LogP contribution in [0.4, 0.5) is 17.3 Å². The summed E-state index contributed by atoms with van der Waals surface area (Å²) in [6.45, 7) is 1.27. The molecule has 3 rings (SSSR count). The maximum atomic E-state index is 11.6. The molecule has 3 heterocycles. The minimum absolute atomic E-state index is 0.106. The van der Waals surface area contributed by atoms with Crippen molar-refractivity contribution in [2.24, 2.45) is 5.73 Å². The normalized spacial score (nSPS) is 30.5. The van der Waals surface area contributed by atoms with Crippen LogP contribution in [0.2, 0.25) is 0 Å². The molecule has 2 aliphatic rings. The first-order chi connectivity index (χ1) is 11.4. The van der Waals surface area contributed by atoms with Crippen LogP contribution in [0.5, 0.6) is 0 Å². The van der Waals surface area contributed by atoms with Crippen LogP contribution in [-0.2, 0) is 9.53 Å². The Morgan fingerprint density at radius 3 is 2.75 bits per heavy atom. The zero-order valence-corrected chi connectivity index (χ0v) is 13.0. The summed E-state index contributed by atoms with van der Waals surface area (Å²) >= 11 is 0. The largest absolute Gasteiger partial charge is 0.394 e. The Bertz CT molecular complexity index is 645. The predicted molar refractivity (Wildman–Crippen MR) is 82.7 cm³/mol. The summed E-state index contributed by atoms with van der Waals surface area (Å²) < 4.78 is 5.54. The number of carbonyl (C=O) groups is 1. The van der Waals surface area contributed by atoms with Gasteiger partial charge < -0.3 is 41.3 Å². The van der Waals surface area contributed by atoms with Crippen LogP contribution < -0.4 is 21.3 Å². The first-order valence-corrected chi connectivity index (χ1v) is 7.42. The topological polar surface area (TPSA) is 171 Å². The van der Waals surface area contributed by atoms with Crippen molar-refractivity contribution in [2.45, 2.75) is 37.5 Å². The van der Waals surface area contributed by atoms with Gasteiger partial charge in [0.2, 0.25) is 5.91 Å². The monoisotopic (exact) mass is 340 g/mol. The van der Waals surface area contributed by atoms with Crippen molar-refractivity contribution in [2.75, 3.05) is 28.8 Å². The van der Waals surface area contributed by atoms with Crippen LogP contribution in [0.15, 0.2) is 6.33 Å². The average molecular weight is 340 g/mol. The Labute approximate surface area is 137 Å². The van der Waals surface area contributed by atoms with Gasteiger partial charge in [-0.05, 0) is 6.92 Å². The molecule has 1 aromatic rings. The number of ether oxygens (including phenoxy) is 1. The van der Waals surface area contributed by atoms with Gasteiger partial charge in [-0.1, -0.05) is 0 Å². The van der Waals surface area contributed by atoms with Crippen molar-refractivity contribution in [3.63, 3.8) is 0 Å². The molecule has 132 valence electrons. The quantitative estimate of drug-likeness (QED) is 0.379. The van der Waals surface area contributed by atoms with Gasteiger partial charge in [0.05, 0.1) is 13.3 Å². The molecule has 5 atom stereocenters. The number of rotatable bonds is 4. The third-order valence-electron chi connectivity index (χ3n) is 4.40. The lowest BCUT2D eigenvalue weighted by Crippen LogP contribution is -2.49. The van der Waals surface area contributed by atoms with Crippen molar-refractivity contribution in [3.05, 3.63) is 6.33 Å². The number of hydrogen-bond donors (Lipinski definition) is 5. The zero-order valence-electron chi connectivity index (χ0n) is 13.0. The molecule has 1 saturated heterocycles. The van der Waals surface area contributed by atoms with Crippen LogP contribution in [0, 0.1) is 0 Å². The standard InChI is InChI=1S/C13H20N6O5/c1-5(11(15)23)18-4-19(12-7(18)10(14)16-3-17-12)13-9(22)8(21)6(2-20)24-13/h3,5-6,8-9,13,20-22H,2,4H2,1H3,(H2,15,23)(H2,14,16,17)/t5?,6-,8?,9?,13-/m1/s1. The zero-order chi connectivity index (χ0) is 17.6. The van der Waals surface area contributed by atoms with E-state index in [0.717, 1.165) is 0 Å². The van der Waals surface area contributed by atoms with Crippen molar-refractivity contribution in [1.82, 2.24) is 9.97 Å². The molecule has 2 aliphatic heterocycles. The van der Waals surface area contributed by atoms with Gasteiger partial charge in [0.1, 0.15) is 36.4 Å². The number of nitrogens with zero attached hydrogens (tertiary/aromatic N) is 4. The van der Waals surface area contributed by atoms with Crippen LogP contribution in [0.25, 0.3) is 0 Å². The number of carbonyl (C=O) groups excluding carboxylic acids is 1. The van der Waals surface area contributed by atoms with E-state index in [4.69, 9.17) is 16.2 Å². The average Bonchev–Trinajstić information content (AvgIpc) is 3.07. The number of nitrogen functional groups attached to an aromatic ring is 1. The minimum Gasteiger partial charge on any atom is -0.394 e. The summed E-state index contributed by atoms with van der Waals surface area (Å²) in [7, 11) is 0. The van der Waals surface area contributed by atoms with Gasteiger partial charge in [0, 0.05) is 0 Å². The second-order valence-corrected chi connectivity index (χ2v) is 5.82. The van der Waals surface area contributed by atoms with E-state index in [2.05, 4.69) is 9.97 Å². The van der Waals surface area contributed by atoms with Gasteiger partial charge >= 0.3 is 0 Å². The maximum Gasteiger partial charge on any atom is 0.239 e. The number of aromatic nitrogens is 2. The maximum absolute atomic E-state index is 11.6. The fourth-order valence-electron chi connectivity index (χ4n) is 2.98. The molecule has 0 saturated carbocycles. The summed E-state index contributed by atoms with van der Waals surface area (Å²) in [6.07, 6.45) is -3.15. The fraction of sp³-hybridized carbons (Fsp3) is 0.615. The highest BCUT2D eigenvalue weighted by Crippen LogP contribution is 2.41. The van der Waals surface area contributed by atoms with E-state index >= 15 is 0 Å². The van der Waals surface area contributed by atoms with Crippen molar-refractivity contribution in [3.8, 4) is 0 Å². The van der Waals surface area contributed by atoms with E-state index in [0.29, 0.717) is 11.5 Å². The molecule has 11 nitrogen and oxygen atoms in total. The van der Waals surface area contributed by atoms with E-state index in [1.807, 2.05) is 0 Å². The van der Waals surface area contributed by atoms with Crippen molar-refractivity contribution >= 4 is 23.2 Å². The van der Waals surface area contributed by atoms with Gasteiger partial charge in [-0.25, -0.2) is 9.97 Å². The number of amides is 1. The number of primary amides is 1. The number of anilines is 3.